The lowest BCUT2D eigenvalue weighted by atomic mass is 9.99. The van der Waals surface area contributed by atoms with Crippen LogP contribution in [0.15, 0.2) is 36.7 Å². The Labute approximate surface area is 110 Å². The minimum atomic E-state index is 0.592. The quantitative estimate of drug-likeness (QED) is 0.685. The molecular formula is C14H15N5. The summed E-state index contributed by atoms with van der Waals surface area (Å²) in [6.07, 6.45) is 4.36. The van der Waals surface area contributed by atoms with Gasteiger partial charge in [-0.2, -0.15) is 9.61 Å². The van der Waals surface area contributed by atoms with Crippen molar-refractivity contribution in [2.45, 2.75) is 13.3 Å². The van der Waals surface area contributed by atoms with Crippen LogP contribution in [0, 0.1) is 0 Å². The van der Waals surface area contributed by atoms with Crippen molar-refractivity contribution in [2.75, 3.05) is 11.5 Å². The Morgan fingerprint density at radius 1 is 1.16 bits per heavy atom. The number of nitrogens with zero attached hydrogens (tertiary/aromatic N) is 3. The largest absolute Gasteiger partial charge is 0.399 e. The number of hydrogen-bond acceptors (Lipinski definition) is 4. The third-order valence-corrected chi connectivity index (χ3v) is 3.25. The molecular weight excluding hydrogens is 238 g/mol. The average molecular weight is 253 g/mol. The lowest BCUT2D eigenvalue weighted by molar-refractivity contribution is 0.953. The first-order valence-electron chi connectivity index (χ1n) is 6.17. The molecule has 0 spiro atoms. The summed E-state index contributed by atoms with van der Waals surface area (Å²) in [6, 6.07) is 7.66. The van der Waals surface area contributed by atoms with Crippen LogP contribution in [0.2, 0.25) is 0 Å². The van der Waals surface area contributed by atoms with E-state index >= 15 is 0 Å². The number of rotatable bonds is 2. The summed E-state index contributed by atoms with van der Waals surface area (Å²) >= 11 is 0. The highest BCUT2D eigenvalue weighted by Gasteiger charge is 2.11. The van der Waals surface area contributed by atoms with Gasteiger partial charge in [-0.15, -0.1) is 0 Å². The molecule has 4 N–H and O–H groups in total. The zero-order valence-electron chi connectivity index (χ0n) is 10.7. The van der Waals surface area contributed by atoms with E-state index in [1.54, 1.807) is 16.9 Å². The van der Waals surface area contributed by atoms with Crippen LogP contribution < -0.4 is 11.5 Å². The maximum absolute atomic E-state index is 6.19. The molecule has 0 radical (unpaired) electrons. The van der Waals surface area contributed by atoms with Gasteiger partial charge in [0, 0.05) is 23.5 Å². The van der Waals surface area contributed by atoms with E-state index in [-0.39, 0.29) is 0 Å². The van der Waals surface area contributed by atoms with Crippen molar-refractivity contribution >= 4 is 17.2 Å². The van der Waals surface area contributed by atoms with Gasteiger partial charge in [-0.05, 0) is 29.7 Å². The summed E-state index contributed by atoms with van der Waals surface area (Å²) in [6.45, 7) is 2.09. The Morgan fingerprint density at radius 2 is 2.00 bits per heavy atom. The third kappa shape index (κ3) is 1.79. The molecule has 5 nitrogen and oxygen atoms in total. The maximum atomic E-state index is 6.19. The molecule has 3 rings (SSSR count). The van der Waals surface area contributed by atoms with Gasteiger partial charge in [-0.25, -0.2) is 4.98 Å². The molecule has 0 fully saturated rings. The fourth-order valence-electron chi connectivity index (χ4n) is 2.27. The summed E-state index contributed by atoms with van der Waals surface area (Å²) in [5.41, 5.74) is 16.6. The standard InChI is InChI=1S/C14H15N5/c1-2-9-7-10(15)3-4-11(9)12-8-17-13-5-6-18-19(13)14(12)16/h3-8H,2,15-16H2,1H3. The van der Waals surface area contributed by atoms with Crippen molar-refractivity contribution in [2.24, 2.45) is 0 Å². The molecule has 2 aromatic heterocycles. The van der Waals surface area contributed by atoms with Crippen LogP contribution in [0.1, 0.15) is 12.5 Å². The molecule has 0 bridgehead atoms. The summed E-state index contributed by atoms with van der Waals surface area (Å²) in [5, 5.41) is 4.18. The zero-order valence-corrected chi connectivity index (χ0v) is 10.7. The van der Waals surface area contributed by atoms with Crippen molar-refractivity contribution in [1.82, 2.24) is 14.6 Å². The van der Waals surface area contributed by atoms with Gasteiger partial charge in [0.05, 0.1) is 6.20 Å². The van der Waals surface area contributed by atoms with E-state index < -0.39 is 0 Å². The first-order chi connectivity index (χ1) is 9.20. The second kappa shape index (κ2) is 4.28. The molecule has 0 amide bonds. The fourth-order valence-corrected chi connectivity index (χ4v) is 2.27. The summed E-state index contributed by atoms with van der Waals surface area (Å²) in [5.74, 6) is 0.592. The van der Waals surface area contributed by atoms with Crippen LogP contribution in [-0.4, -0.2) is 14.6 Å². The van der Waals surface area contributed by atoms with Crippen LogP contribution in [-0.2, 0) is 6.42 Å². The number of anilines is 2. The van der Waals surface area contributed by atoms with E-state index in [9.17, 15) is 0 Å². The monoisotopic (exact) mass is 253 g/mol. The fraction of sp³-hybridized carbons (Fsp3) is 0.143. The van der Waals surface area contributed by atoms with Gasteiger partial charge in [-0.3, -0.25) is 0 Å². The van der Waals surface area contributed by atoms with E-state index in [2.05, 4.69) is 17.0 Å². The number of aromatic nitrogens is 3. The number of aryl methyl sites for hydroxylation is 1. The molecule has 19 heavy (non-hydrogen) atoms. The highest BCUT2D eigenvalue weighted by atomic mass is 15.3. The molecule has 0 aliphatic carbocycles. The van der Waals surface area contributed by atoms with Crippen LogP contribution in [0.25, 0.3) is 16.8 Å². The Morgan fingerprint density at radius 3 is 2.79 bits per heavy atom. The SMILES string of the molecule is CCc1cc(N)ccc1-c1cnc2ccnn2c1N. The summed E-state index contributed by atoms with van der Waals surface area (Å²) in [7, 11) is 0. The first-order valence-corrected chi connectivity index (χ1v) is 6.17. The van der Waals surface area contributed by atoms with Gasteiger partial charge >= 0.3 is 0 Å². The summed E-state index contributed by atoms with van der Waals surface area (Å²) in [4.78, 5) is 4.37. The van der Waals surface area contributed by atoms with Gasteiger partial charge in [0.25, 0.3) is 0 Å². The minimum absolute atomic E-state index is 0.592. The van der Waals surface area contributed by atoms with Gasteiger partial charge in [0.1, 0.15) is 5.82 Å². The first kappa shape index (κ1) is 11.5. The molecule has 3 aromatic rings. The second-order valence-electron chi connectivity index (χ2n) is 4.43. The molecule has 1 aromatic carbocycles. The Kier molecular flexibility index (Phi) is 2.59. The maximum Gasteiger partial charge on any atom is 0.157 e. The number of fused-ring (bicyclic) bond motifs is 1. The average Bonchev–Trinajstić information content (AvgIpc) is 2.89. The number of benzene rings is 1. The zero-order chi connectivity index (χ0) is 13.4. The van der Waals surface area contributed by atoms with E-state index in [1.807, 2.05) is 24.3 Å². The molecule has 0 atom stereocenters. The molecule has 0 saturated heterocycles. The highest BCUT2D eigenvalue weighted by molar-refractivity contribution is 5.78. The molecule has 5 heteroatoms. The number of nitrogens with two attached hydrogens (primary N) is 2. The third-order valence-electron chi connectivity index (χ3n) is 3.25. The molecule has 0 aliphatic rings. The van der Waals surface area contributed by atoms with Crippen LogP contribution in [0.3, 0.4) is 0 Å². The lowest BCUT2D eigenvalue weighted by Crippen LogP contribution is -2.03. The predicted octanol–water partition coefficient (Wildman–Crippen LogP) is 2.12. The highest BCUT2D eigenvalue weighted by Crippen LogP contribution is 2.30. The Balaban J connectivity index is 2.26. The van der Waals surface area contributed by atoms with Crippen molar-refractivity contribution in [1.29, 1.82) is 0 Å². The van der Waals surface area contributed by atoms with Crippen LogP contribution in [0.5, 0.6) is 0 Å². The Bertz CT molecular complexity index is 745. The van der Waals surface area contributed by atoms with E-state index in [1.165, 1.54) is 0 Å². The summed E-state index contributed by atoms with van der Waals surface area (Å²) < 4.78 is 1.64. The Hall–Kier alpha value is -2.56. The van der Waals surface area contributed by atoms with E-state index in [0.717, 1.165) is 34.4 Å². The van der Waals surface area contributed by atoms with E-state index in [4.69, 9.17) is 11.5 Å². The van der Waals surface area contributed by atoms with Crippen LogP contribution in [0.4, 0.5) is 11.5 Å². The molecule has 0 aliphatic heterocycles. The van der Waals surface area contributed by atoms with Crippen molar-refractivity contribution in [3.63, 3.8) is 0 Å². The van der Waals surface area contributed by atoms with E-state index in [0.29, 0.717) is 5.82 Å². The minimum Gasteiger partial charge on any atom is -0.399 e. The van der Waals surface area contributed by atoms with Gasteiger partial charge < -0.3 is 11.5 Å². The molecule has 2 heterocycles. The number of nitrogen functional groups attached to an aromatic ring is 2. The molecule has 0 unspecified atom stereocenters. The lowest BCUT2D eigenvalue weighted by Gasteiger charge is -2.11. The van der Waals surface area contributed by atoms with Crippen molar-refractivity contribution in [3.05, 3.63) is 42.2 Å². The topological polar surface area (TPSA) is 82.2 Å². The van der Waals surface area contributed by atoms with Gasteiger partial charge in [0.15, 0.2) is 5.65 Å². The van der Waals surface area contributed by atoms with Crippen molar-refractivity contribution < 1.29 is 0 Å². The number of hydrogen-bond donors (Lipinski definition) is 2. The van der Waals surface area contributed by atoms with Gasteiger partial charge in [0.2, 0.25) is 0 Å². The van der Waals surface area contributed by atoms with Crippen LogP contribution >= 0.6 is 0 Å². The molecule has 0 saturated carbocycles. The smallest absolute Gasteiger partial charge is 0.157 e. The molecule has 96 valence electrons. The predicted molar refractivity (Wildman–Crippen MR) is 76.6 cm³/mol. The second-order valence-corrected chi connectivity index (χ2v) is 4.43. The van der Waals surface area contributed by atoms with Gasteiger partial charge in [-0.1, -0.05) is 13.0 Å². The normalized spacial score (nSPS) is 11.0. The van der Waals surface area contributed by atoms with Crippen molar-refractivity contribution in [3.8, 4) is 11.1 Å².